The molecular weight excluding hydrogens is 258 g/mol. The maximum atomic E-state index is 12.3. The van der Waals surface area contributed by atoms with Crippen LogP contribution in [-0.2, 0) is 0 Å². The third-order valence-corrected chi connectivity index (χ3v) is 4.88. The van der Waals surface area contributed by atoms with Crippen LogP contribution in [0.4, 0.5) is 5.69 Å². The first-order valence-electron chi connectivity index (χ1n) is 6.59. The molecule has 5 heteroatoms. The Morgan fingerprint density at radius 1 is 1.53 bits per heavy atom. The lowest BCUT2D eigenvalue weighted by Crippen LogP contribution is -2.32. The van der Waals surface area contributed by atoms with Crippen molar-refractivity contribution < 1.29 is 4.79 Å². The highest BCUT2D eigenvalue weighted by Crippen LogP contribution is 2.32. The van der Waals surface area contributed by atoms with Crippen LogP contribution in [0.25, 0.3) is 10.2 Å². The topological polar surface area (TPSA) is 68.0 Å². The predicted octanol–water partition coefficient (Wildman–Crippen LogP) is 2.80. The van der Waals surface area contributed by atoms with Crippen molar-refractivity contribution in [1.29, 1.82) is 0 Å². The minimum Gasteiger partial charge on any atom is -0.396 e. The highest BCUT2D eigenvalue weighted by molar-refractivity contribution is 7.21. The van der Waals surface area contributed by atoms with E-state index in [2.05, 4.69) is 17.2 Å². The molecule has 3 rings (SSSR count). The molecule has 1 aliphatic rings. The molecule has 4 nitrogen and oxygen atoms in total. The molecule has 0 saturated heterocycles. The lowest BCUT2D eigenvalue weighted by Gasteiger charge is -2.11. The summed E-state index contributed by atoms with van der Waals surface area (Å²) in [5.41, 5.74) is 7.27. The van der Waals surface area contributed by atoms with Crippen LogP contribution in [0, 0.1) is 5.92 Å². The molecule has 1 aliphatic carbocycles. The van der Waals surface area contributed by atoms with E-state index >= 15 is 0 Å². The molecule has 0 radical (unpaired) electrons. The van der Waals surface area contributed by atoms with Crippen molar-refractivity contribution in [3.05, 3.63) is 23.2 Å². The monoisotopic (exact) mass is 275 g/mol. The van der Waals surface area contributed by atoms with Gasteiger partial charge in [-0.15, -0.1) is 11.3 Å². The molecule has 2 heterocycles. The second-order valence-electron chi connectivity index (χ2n) is 5.28. The summed E-state index contributed by atoms with van der Waals surface area (Å²) < 4.78 is 0.963. The van der Waals surface area contributed by atoms with Crippen LogP contribution in [-0.4, -0.2) is 16.9 Å². The van der Waals surface area contributed by atoms with Gasteiger partial charge in [0.2, 0.25) is 0 Å². The minimum atomic E-state index is -0.0559. The van der Waals surface area contributed by atoms with Crippen LogP contribution < -0.4 is 11.1 Å². The average molecular weight is 275 g/mol. The zero-order chi connectivity index (χ0) is 13.4. The van der Waals surface area contributed by atoms with E-state index in [0.29, 0.717) is 22.5 Å². The summed E-state index contributed by atoms with van der Waals surface area (Å²) in [7, 11) is 0. The first-order chi connectivity index (χ1) is 9.15. The number of rotatable bonds is 2. The molecule has 0 aliphatic heterocycles. The molecule has 0 bridgehead atoms. The smallest absolute Gasteiger partial charge is 0.263 e. The van der Waals surface area contributed by atoms with E-state index in [1.54, 1.807) is 6.20 Å². The van der Waals surface area contributed by atoms with Crippen molar-refractivity contribution in [1.82, 2.24) is 10.3 Å². The molecule has 1 saturated carbocycles. The molecule has 0 spiro atoms. The fourth-order valence-electron chi connectivity index (χ4n) is 2.71. The van der Waals surface area contributed by atoms with Gasteiger partial charge in [0.05, 0.1) is 10.4 Å². The molecule has 2 aromatic heterocycles. The Hall–Kier alpha value is -1.62. The number of fused-ring (bicyclic) bond motifs is 1. The largest absolute Gasteiger partial charge is 0.396 e. The number of aromatic nitrogens is 1. The number of carbonyl (C=O) groups is 1. The zero-order valence-electron chi connectivity index (χ0n) is 10.8. The van der Waals surface area contributed by atoms with Crippen molar-refractivity contribution in [2.75, 3.05) is 5.73 Å². The predicted molar refractivity (Wildman–Crippen MR) is 78.3 cm³/mol. The van der Waals surface area contributed by atoms with E-state index < -0.39 is 0 Å². The van der Waals surface area contributed by atoms with Crippen molar-refractivity contribution in [2.24, 2.45) is 5.92 Å². The fraction of sp³-hybridized carbons (Fsp3) is 0.429. The maximum absolute atomic E-state index is 12.3. The van der Waals surface area contributed by atoms with Crippen molar-refractivity contribution in [3.8, 4) is 0 Å². The van der Waals surface area contributed by atoms with E-state index in [1.165, 1.54) is 17.8 Å². The molecule has 2 aromatic rings. The number of nitrogens with one attached hydrogen (secondary N) is 1. The van der Waals surface area contributed by atoms with Gasteiger partial charge in [-0.05, 0) is 37.3 Å². The van der Waals surface area contributed by atoms with Gasteiger partial charge in [-0.2, -0.15) is 0 Å². The quantitative estimate of drug-likeness (QED) is 0.885. The van der Waals surface area contributed by atoms with E-state index in [-0.39, 0.29) is 5.91 Å². The molecule has 1 amide bonds. The fourth-order valence-corrected chi connectivity index (χ4v) is 3.69. The van der Waals surface area contributed by atoms with Gasteiger partial charge in [-0.3, -0.25) is 9.78 Å². The van der Waals surface area contributed by atoms with Gasteiger partial charge in [0.15, 0.2) is 0 Å². The van der Waals surface area contributed by atoms with Crippen molar-refractivity contribution in [3.63, 3.8) is 0 Å². The van der Waals surface area contributed by atoms with Gasteiger partial charge in [-0.1, -0.05) is 6.92 Å². The van der Waals surface area contributed by atoms with Gasteiger partial charge in [0, 0.05) is 12.2 Å². The van der Waals surface area contributed by atoms with E-state index in [9.17, 15) is 4.79 Å². The Balaban J connectivity index is 1.83. The summed E-state index contributed by atoms with van der Waals surface area (Å²) in [6.07, 6.45) is 5.02. The normalized spacial score (nSPS) is 22.8. The maximum Gasteiger partial charge on any atom is 0.263 e. The summed E-state index contributed by atoms with van der Waals surface area (Å²) in [6.45, 7) is 2.23. The molecule has 1 fully saturated rings. The Morgan fingerprint density at radius 3 is 3.05 bits per heavy atom. The number of nitrogens with zero attached hydrogens (tertiary/aromatic N) is 1. The van der Waals surface area contributed by atoms with Gasteiger partial charge in [-0.25, -0.2) is 0 Å². The van der Waals surface area contributed by atoms with E-state index in [0.717, 1.165) is 23.1 Å². The van der Waals surface area contributed by atoms with E-state index in [1.807, 2.05) is 12.1 Å². The summed E-state index contributed by atoms with van der Waals surface area (Å²) >= 11 is 1.42. The number of pyridine rings is 1. The van der Waals surface area contributed by atoms with E-state index in [4.69, 9.17) is 5.73 Å². The van der Waals surface area contributed by atoms with Crippen LogP contribution >= 0.6 is 11.3 Å². The van der Waals surface area contributed by atoms with Gasteiger partial charge >= 0.3 is 0 Å². The van der Waals surface area contributed by atoms with Gasteiger partial charge in [0.1, 0.15) is 10.4 Å². The SMILES string of the molecule is CC1CCC(NC(=O)c2sc3cccnc3c2N)C1. The summed E-state index contributed by atoms with van der Waals surface area (Å²) in [4.78, 5) is 17.1. The highest BCUT2D eigenvalue weighted by atomic mass is 32.1. The first-order valence-corrected chi connectivity index (χ1v) is 7.40. The lowest BCUT2D eigenvalue weighted by atomic mass is 10.1. The minimum absolute atomic E-state index is 0.0559. The van der Waals surface area contributed by atoms with Crippen LogP contribution in [0.3, 0.4) is 0 Å². The van der Waals surface area contributed by atoms with Crippen molar-refractivity contribution in [2.45, 2.75) is 32.2 Å². The summed E-state index contributed by atoms with van der Waals surface area (Å²) in [6, 6.07) is 4.09. The highest BCUT2D eigenvalue weighted by Gasteiger charge is 2.25. The standard InChI is InChI=1S/C14H17N3OS/c1-8-4-5-9(7-8)17-14(18)13-11(15)12-10(19-13)3-2-6-16-12/h2-3,6,8-9H,4-5,7,15H2,1H3,(H,17,18). The number of nitrogens with two attached hydrogens (primary N) is 1. The summed E-state index contributed by atoms with van der Waals surface area (Å²) in [5, 5.41) is 3.09. The third-order valence-electron chi connectivity index (χ3n) is 3.72. The third kappa shape index (κ3) is 2.30. The van der Waals surface area contributed by atoms with Crippen molar-refractivity contribution >= 4 is 33.1 Å². The number of amides is 1. The van der Waals surface area contributed by atoms with Crippen LogP contribution in [0.2, 0.25) is 0 Å². The molecular formula is C14H17N3OS. The number of carbonyl (C=O) groups excluding carboxylic acids is 1. The average Bonchev–Trinajstić information content (AvgIpc) is 2.94. The molecule has 2 atom stereocenters. The molecule has 100 valence electrons. The summed E-state index contributed by atoms with van der Waals surface area (Å²) in [5.74, 6) is 0.645. The second-order valence-corrected chi connectivity index (χ2v) is 6.34. The Labute approximate surface area is 116 Å². The van der Waals surface area contributed by atoms with Gasteiger partial charge < -0.3 is 11.1 Å². The number of thiophene rings is 1. The second kappa shape index (κ2) is 4.81. The number of nitrogen functional groups attached to an aromatic ring is 1. The Bertz CT molecular complexity index is 622. The van der Waals surface area contributed by atoms with Crippen LogP contribution in [0.15, 0.2) is 18.3 Å². The van der Waals surface area contributed by atoms with Crippen LogP contribution in [0.1, 0.15) is 35.9 Å². The number of hydrogen-bond donors (Lipinski definition) is 2. The zero-order valence-corrected chi connectivity index (χ0v) is 11.7. The molecule has 19 heavy (non-hydrogen) atoms. The van der Waals surface area contributed by atoms with Crippen LogP contribution in [0.5, 0.6) is 0 Å². The lowest BCUT2D eigenvalue weighted by molar-refractivity contribution is 0.0942. The Morgan fingerprint density at radius 2 is 2.37 bits per heavy atom. The number of hydrogen-bond acceptors (Lipinski definition) is 4. The molecule has 2 unspecified atom stereocenters. The Kier molecular flexibility index (Phi) is 3.14. The van der Waals surface area contributed by atoms with Gasteiger partial charge in [0.25, 0.3) is 5.91 Å². The first kappa shape index (κ1) is 12.4. The number of anilines is 1. The molecule has 3 N–H and O–H groups in total. The molecule has 0 aromatic carbocycles.